The average Bonchev–Trinajstić information content (AvgIpc) is 2.68. The highest BCUT2D eigenvalue weighted by molar-refractivity contribution is 14.0. The standard InChI is InChI=1S/C23H38N4O3.HI/c1-5-24-21(25-15-16-29-17-18-9-7-6-8-10-18)26-19-11-13-20(14-12-19)27-22(28)30-23(2,3)4;/h6-10,19-20H,5,11-17H2,1-4H3,(H,27,28)(H2,24,25,26);1H. The van der Waals surface area contributed by atoms with Crippen molar-refractivity contribution in [1.82, 2.24) is 16.0 Å². The van der Waals surface area contributed by atoms with Gasteiger partial charge in [-0.25, -0.2) is 4.79 Å². The van der Waals surface area contributed by atoms with Gasteiger partial charge in [0.2, 0.25) is 0 Å². The van der Waals surface area contributed by atoms with Gasteiger partial charge in [-0.3, -0.25) is 4.99 Å². The Kier molecular flexibility index (Phi) is 12.9. The number of halogens is 1. The molecular formula is C23H39IN4O3. The summed E-state index contributed by atoms with van der Waals surface area (Å²) < 4.78 is 11.1. The molecule has 2 rings (SSSR count). The van der Waals surface area contributed by atoms with Crippen molar-refractivity contribution in [3.05, 3.63) is 35.9 Å². The lowest BCUT2D eigenvalue weighted by Gasteiger charge is -2.31. The minimum Gasteiger partial charge on any atom is -0.444 e. The summed E-state index contributed by atoms with van der Waals surface area (Å²) in [6, 6.07) is 10.7. The van der Waals surface area contributed by atoms with Gasteiger partial charge in [0.25, 0.3) is 0 Å². The highest BCUT2D eigenvalue weighted by atomic mass is 127. The zero-order valence-corrected chi connectivity index (χ0v) is 21.6. The number of amides is 1. The van der Waals surface area contributed by atoms with Crippen molar-refractivity contribution in [2.24, 2.45) is 4.99 Å². The van der Waals surface area contributed by atoms with Crippen molar-refractivity contribution < 1.29 is 14.3 Å². The largest absolute Gasteiger partial charge is 0.444 e. The van der Waals surface area contributed by atoms with E-state index in [0.29, 0.717) is 25.8 Å². The van der Waals surface area contributed by atoms with E-state index in [2.05, 4.69) is 40.0 Å². The van der Waals surface area contributed by atoms with Gasteiger partial charge in [0.05, 0.1) is 19.8 Å². The van der Waals surface area contributed by atoms with E-state index in [9.17, 15) is 4.79 Å². The summed E-state index contributed by atoms with van der Waals surface area (Å²) in [5, 5.41) is 9.80. The second-order valence-electron chi connectivity index (χ2n) is 8.64. The number of nitrogens with zero attached hydrogens (tertiary/aromatic N) is 1. The molecule has 0 aliphatic heterocycles. The minimum absolute atomic E-state index is 0. The van der Waals surface area contributed by atoms with Crippen molar-refractivity contribution in [1.29, 1.82) is 0 Å². The predicted molar refractivity (Wildman–Crippen MR) is 136 cm³/mol. The van der Waals surface area contributed by atoms with E-state index in [-0.39, 0.29) is 36.1 Å². The van der Waals surface area contributed by atoms with E-state index < -0.39 is 5.60 Å². The molecular weight excluding hydrogens is 507 g/mol. The van der Waals surface area contributed by atoms with Gasteiger partial charge in [-0.05, 0) is 58.9 Å². The Bertz CT molecular complexity index is 657. The van der Waals surface area contributed by atoms with Crippen LogP contribution in [0.4, 0.5) is 4.79 Å². The predicted octanol–water partition coefficient (Wildman–Crippen LogP) is 4.21. The van der Waals surface area contributed by atoms with Gasteiger partial charge in [-0.2, -0.15) is 0 Å². The molecule has 0 bridgehead atoms. The number of hydrogen-bond donors (Lipinski definition) is 3. The van der Waals surface area contributed by atoms with E-state index in [0.717, 1.165) is 38.2 Å². The number of alkyl carbamates (subject to hydrolysis) is 1. The second kappa shape index (κ2) is 14.5. The molecule has 0 radical (unpaired) electrons. The highest BCUT2D eigenvalue weighted by Gasteiger charge is 2.25. The number of carbonyl (C=O) groups excluding carboxylic acids is 1. The van der Waals surface area contributed by atoms with Crippen molar-refractivity contribution >= 4 is 36.0 Å². The molecule has 0 atom stereocenters. The number of guanidine groups is 1. The van der Waals surface area contributed by atoms with Crippen LogP contribution in [-0.4, -0.2) is 49.4 Å². The van der Waals surface area contributed by atoms with Crippen LogP contribution in [0.15, 0.2) is 35.3 Å². The molecule has 1 aliphatic carbocycles. The summed E-state index contributed by atoms with van der Waals surface area (Å²) in [5.74, 6) is 0.823. The third-order valence-electron chi connectivity index (χ3n) is 4.75. The Labute approximate surface area is 204 Å². The fourth-order valence-corrected chi connectivity index (χ4v) is 3.36. The third-order valence-corrected chi connectivity index (χ3v) is 4.75. The van der Waals surface area contributed by atoms with E-state index >= 15 is 0 Å². The molecule has 1 aliphatic rings. The van der Waals surface area contributed by atoms with Crippen LogP contribution in [-0.2, 0) is 16.1 Å². The lowest BCUT2D eigenvalue weighted by atomic mass is 9.91. The van der Waals surface area contributed by atoms with Crippen LogP contribution in [0.3, 0.4) is 0 Å². The molecule has 1 amide bonds. The van der Waals surface area contributed by atoms with Crippen LogP contribution in [0.1, 0.15) is 58.9 Å². The van der Waals surface area contributed by atoms with Crippen LogP contribution < -0.4 is 16.0 Å². The van der Waals surface area contributed by atoms with Crippen LogP contribution in [0.5, 0.6) is 0 Å². The zero-order chi connectivity index (χ0) is 21.8. The molecule has 1 aromatic carbocycles. The van der Waals surface area contributed by atoms with Crippen molar-refractivity contribution in [2.75, 3.05) is 19.7 Å². The summed E-state index contributed by atoms with van der Waals surface area (Å²) >= 11 is 0. The first-order valence-electron chi connectivity index (χ1n) is 11.0. The van der Waals surface area contributed by atoms with E-state index in [1.165, 1.54) is 5.56 Å². The smallest absolute Gasteiger partial charge is 0.407 e. The van der Waals surface area contributed by atoms with E-state index in [1.54, 1.807) is 0 Å². The van der Waals surface area contributed by atoms with Gasteiger partial charge in [0, 0.05) is 18.6 Å². The van der Waals surface area contributed by atoms with Gasteiger partial charge in [-0.1, -0.05) is 30.3 Å². The first-order chi connectivity index (χ1) is 14.4. The molecule has 7 nitrogen and oxygen atoms in total. The highest BCUT2D eigenvalue weighted by Crippen LogP contribution is 2.19. The van der Waals surface area contributed by atoms with E-state index in [1.807, 2.05) is 39.0 Å². The summed E-state index contributed by atoms with van der Waals surface area (Å²) in [6.07, 6.45) is 3.49. The Hall–Kier alpha value is -1.55. The maximum Gasteiger partial charge on any atom is 0.407 e. The number of rotatable bonds is 8. The molecule has 3 N–H and O–H groups in total. The molecule has 0 heterocycles. The number of aliphatic imine (C=N–C) groups is 1. The molecule has 176 valence electrons. The number of benzene rings is 1. The minimum atomic E-state index is -0.467. The van der Waals surface area contributed by atoms with Crippen LogP contribution >= 0.6 is 24.0 Å². The maximum atomic E-state index is 11.9. The molecule has 1 fully saturated rings. The average molecular weight is 546 g/mol. The molecule has 0 aromatic heterocycles. The molecule has 31 heavy (non-hydrogen) atoms. The Balaban J connectivity index is 0.00000480. The topological polar surface area (TPSA) is 84.0 Å². The van der Waals surface area contributed by atoms with Crippen LogP contribution in [0, 0.1) is 0 Å². The Morgan fingerprint density at radius 1 is 1.06 bits per heavy atom. The quantitative estimate of drug-likeness (QED) is 0.197. The van der Waals surface area contributed by atoms with Gasteiger partial charge in [-0.15, -0.1) is 24.0 Å². The van der Waals surface area contributed by atoms with E-state index in [4.69, 9.17) is 9.47 Å². The zero-order valence-electron chi connectivity index (χ0n) is 19.3. The number of ether oxygens (including phenoxy) is 2. The van der Waals surface area contributed by atoms with Crippen LogP contribution in [0.25, 0.3) is 0 Å². The normalized spacial score (nSPS) is 19.2. The summed E-state index contributed by atoms with van der Waals surface area (Å²) in [6.45, 7) is 10.3. The fraction of sp³-hybridized carbons (Fsp3) is 0.652. The molecule has 0 saturated heterocycles. The summed E-state index contributed by atoms with van der Waals surface area (Å²) in [7, 11) is 0. The molecule has 1 aromatic rings. The number of hydrogen-bond acceptors (Lipinski definition) is 4. The lowest BCUT2D eigenvalue weighted by Crippen LogP contribution is -2.48. The monoisotopic (exact) mass is 546 g/mol. The molecule has 0 spiro atoms. The Morgan fingerprint density at radius 3 is 2.26 bits per heavy atom. The van der Waals surface area contributed by atoms with Gasteiger partial charge < -0.3 is 25.4 Å². The first-order valence-corrected chi connectivity index (χ1v) is 11.0. The Morgan fingerprint density at radius 2 is 1.68 bits per heavy atom. The molecule has 8 heteroatoms. The SMILES string of the molecule is CCNC(=NCCOCc1ccccc1)NC1CCC(NC(=O)OC(C)(C)C)CC1.I. The van der Waals surface area contributed by atoms with Crippen molar-refractivity contribution in [2.45, 2.75) is 77.7 Å². The van der Waals surface area contributed by atoms with Gasteiger partial charge in [0.15, 0.2) is 5.96 Å². The fourth-order valence-electron chi connectivity index (χ4n) is 3.36. The summed E-state index contributed by atoms with van der Waals surface area (Å²) in [4.78, 5) is 16.6. The van der Waals surface area contributed by atoms with Gasteiger partial charge in [0.1, 0.15) is 5.60 Å². The summed E-state index contributed by atoms with van der Waals surface area (Å²) in [5.41, 5.74) is 0.702. The first kappa shape index (κ1) is 27.5. The van der Waals surface area contributed by atoms with Crippen LogP contribution in [0.2, 0.25) is 0 Å². The van der Waals surface area contributed by atoms with Gasteiger partial charge >= 0.3 is 6.09 Å². The number of nitrogens with one attached hydrogen (secondary N) is 3. The second-order valence-corrected chi connectivity index (χ2v) is 8.64. The third kappa shape index (κ3) is 12.2. The van der Waals surface area contributed by atoms with Crippen molar-refractivity contribution in [3.63, 3.8) is 0 Å². The van der Waals surface area contributed by atoms with Crippen molar-refractivity contribution in [3.8, 4) is 0 Å². The molecule has 1 saturated carbocycles. The molecule has 0 unspecified atom stereocenters. The number of carbonyl (C=O) groups is 1. The lowest BCUT2D eigenvalue weighted by molar-refractivity contribution is 0.0490. The maximum absolute atomic E-state index is 11.9.